The molecule has 0 bridgehead atoms. The third-order valence-electron chi connectivity index (χ3n) is 4.07. The summed E-state index contributed by atoms with van der Waals surface area (Å²) >= 11 is 0. The standard InChI is InChI=1S/C16H24N2O4/c1-11(18-16(21)12-6-3-2-4-7-12)15(20)17-10-13(19)14-8-5-9-22-14/h5,8-9,11-13,19H,2-4,6-7,10H2,1H3,(H,17,20)(H,18,21). The van der Waals surface area contributed by atoms with Gasteiger partial charge in [-0.05, 0) is 31.9 Å². The first-order valence-electron chi connectivity index (χ1n) is 7.87. The van der Waals surface area contributed by atoms with Crippen molar-refractivity contribution in [1.82, 2.24) is 10.6 Å². The van der Waals surface area contributed by atoms with E-state index in [0.29, 0.717) is 5.76 Å². The van der Waals surface area contributed by atoms with E-state index in [4.69, 9.17) is 4.42 Å². The van der Waals surface area contributed by atoms with E-state index in [9.17, 15) is 14.7 Å². The number of hydrogen-bond donors (Lipinski definition) is 3. The molecule has 1 saturated carbocycles. The fourth-order valence-electron chi connectivity index (χ4n) is 2.69. The summed E-state index contributed by atoms with van der Waals surface area (Å²) in [5, 5.41) is 15.2. The van der Waals surface area contributed by atoms with Gasteiger partial charge in [0, 0.05) is 5.92 Å². The lowest BCUT2D eigenvalue weighted by molar-refractivity contribution is -0.131. The first-order valence-corrected chi connectivity index (χ1v) is 7.87. The molecule has 3 N–H and O–H groups in total. The number of aliphatic hydroxyl groups excluding tert-OH is 1. The van der Waals surface area contributed by atoms with E-state index in [2.05, 4.69) is 10.6 Å². The van der Waals surface area contributed by atoms with Crippen molar-refractivity contribution in [3.63, 3.8) is 0 Å². The minimum Gasteiger partial charge on any atom is -0.467 e. The minimum absolute atomic E-state index is 0.0257. The summed E-state index contributed by atoms with van der Waals surface area (Å²) < 4.78 is 5.06. The van der Waals surface area contributed by atoms with Crippen LogP contribution in [-0.4, -0.2) is 29.5 Å². The number of nitrogens with one attached hydrogen (secondary N) is 2. The molecule has 0 spiro atoms. The molecule has 2 unspecified atom stereocenters. The molecule has 0 aromatic carbocycles. The number of rotatable bonds is 6. The van der Waals surface area contributed by atoms with Gasteiger partial charge in [0.05, 0.1) is 12.8 Å². The molecule has 1 fully saturated rings. The number of amides is 2. The molecular formula is C16H24N2O4. The van der Waals surface area contributed by atoms with Crippen molar-refractivity contribution in [3.8, 4) is 0 Å². The average molecular weight is 308 g/mol. The second kappa shape index (κ2) is 7.98. The molecule has 122 valence electrons. The van der Waals surface area contributed by atoms with Gasteiger partial charge in [-0.1, -0.05) is 19.3 Å². The van der Waals surface area contributed by atoms with Gasteiger partial charge < -0.3 is 20.2 Å². The van der Waals surface area contributed by atoms with Crippen molar-refractivity contribution in [2.75, 3.05) is 6.54 Å². The van der Waals surface area contributed by atoms with Crippen LogP contribution in [0.2, 0.25) is 0 Å². The van der Waals surface area contributed by atoms with Crippen LogP contribution in [0.3, 0.4) is 0 Å². The van der Waals surface area contributed by atoms with E-state index in [0.717, 1.165) is 25.7 Å². The lowest BCUT2D eigenvalue weighted by Gasteiger charge is -2.23. The van der Waals surface area contributed by atoms with E-state index in [1.807, 2.05) is 0 Å². The van der Waals surface area contributed by atoms with Gasteiger partial charge in [0.25, 0.3) is 0 Å². The molecule has 2 atom stereocenters. The van der Waals surface area contributed by atoms with Gasteiger partial charge in [-0.15, -0.1) is 0 Å². The molecule has 6 nitrogen and oxygen atoms in total. The van der Waals surface area contributed by atoms with Crippen molar-refractivity contribution < 1.29 is 19.1 Å². The van der Waals surface area contributed by atoms with Crippen LogP contribution in [0.4, 0.5) is 0 Å². The third kappa shape index (κ3) is 4.59. The van der Waals surface area contributed by atoms with Gasteiger partial charge in [0.15, 0.2) is 0 Å². The highest BCUT2D eigenvalue weighted by atomic mass is 16.4. The molecule has 22 heavy (non-hydrogen) atoms. The zero-order chi connectivity index (χ0) is 15.9. The highest BCUT2D eigenvalue weighted by Gasteiger charge is 2.24. The topological polar surface area (TPSA) is 91.6 Å². The third-order valence-corrected chi connectivity index (χ3v) is 4.07. The minimum atomic E-state index is -0.889. The molecular weight excluding hydrogens is 284 g/mol. The van der Waals surface area contributed by atoms with Crippen molar-refractivity contribution in [2.45, 2.75) is 51.2 Å². The maximum absolute atomic E-state index is 12.1. The van der Waals surface area contributed by atoms with Gasteiger partial charge >= 0.3 is 0 Å². The van der Waals surface area contributed by atoms with Crippen LogP contribution in [-0.2, 0) is 9.59 Å². The summed E-state index contributed by atoms with van der Waals surface area (Å²) in [4.78, 5) is 24.1. The maximum atomic E-state index is 12.1. The van der Waals surface area contributed by atoms with Gasteiger partial charge in [0.1, 0.15) is 17.9 Å². The van der Waals surface area contributed by atoms with Gasteiger partial charge in [-0.25, -0.2) is 0 Å². The van der Waals surface area contributed by atoms with Crippen molar-refractivity contribution in [3.05, 3.63) is 24.2 Å². The zero-order valence-electron chi connectivity index (χ0n) is 12.9. The van der Waals surface area contributed by atoms with Crippen LogP contribution in [0.1, 0.15) is 50.9 Å². The maximum Gasteiger partial charge on any atom is 0.242 e. The summed E-state index contributed by atoms with van der Waals surface area (Å²) in [5.41, 5.74) is 0. The monoisotopic (exact) mass is 308 g/mol. The first-order chi connectivity index (χ1) is 10.6. The average Bonchev–Trinajstić information content (AvgIpc) is 3.07. The van der Waals surface area contributed by atoms with E-state index in [-0.39, 0.29) is 24.3 Å². The van der Waals surface area contributed by atoms with Crippen LogP contribution >= 0.6 is 0 Å². The Labute approximate surface area is 130 Å². The van der Waals surface area contributed by atoms with Crippen LogP contribution in [0, 0.1) is 5.92 Å². The second-order valence-electron chi connectivity index (χ2n) is 5.84. The largest absolute Gasteiger partial charge is 0.467 e. The molecule has 1 aromatic rings. The summed E-state index contributed by atoms with van der Waals surface area (Å²) in [6, 6.07) is 2.71. The predicted octanol–water partition coefficient (Wildman–Crippen LogP) is 1.51. The summed E-state index contributed by atoms with van der Waals surface area (Å²) in [7, 11) is 0. The lowest BCUT2D eigenvalue weighted by atomic mass is 9.88. The molecule has 1 aliphatic rings. The SMILES string of the molecule is CC(NC(=O)C1CCCCC1)C(=O)NCC(O)c1ccco1. The van der Waals surface area contributed by atoms with E-state index in [1.54, 1.807) is 19.1 Å². The molecule has 0 aliphatic heterocycles. The Morgan fingerprint density at radius 1 is 1.36 bits per heavy atom. The molecule has 1 heterocycles. The Kier molecular flexibility index (Phi) is 6.00. The molecule has 1 aromatic heterocycles. The van der Waals surface area contributed by atoms with Gasteiger partial charge in [0.2, 0.25) is 11.8 Å². The molecule has 6 heteroatoms. The zero-order valence-corrected chi connectivity index (χ0v) is 12.9. The summed E-state index contributed by atoms with van der Waals surface area (Å²) in [5.74, 6) is 0.0700. The number of aliphatic hydroxyl groups is 1. The smallest absolute Gasteiger partial charge is 0.242 e. The van der Waals surface area contributed by atoms with E-state index < -0.39 is 12.1 Å². The summed E-state index contributed by atoms with van der Waals surface area (Å²) in [6.07, 6.45) is 5.72. The highest BCUT2D eigenvalue weighted by molar-refractivity contribution is 5.88. The number of furan rings is 1. The predicted molar refractivity (Wildman–Crippen MR) is 80.9 cm³/mol. The normalized spacial score (nSPS) is 18.5. The fraction of sp³-hybridized carbons (Fsp3) is 0.625. The molecule has 1 aliphatic carbocycles. The van der Waals surface area contributed by atoms with E-state index in [1.165, 1.54) is 12.7 Å². The Balaban J connectivity index is 1.73. The number of carbonyl (C=O) groups excluding carboxylic acids is 2. The first kappa shape index (κ1) is 16.5. The fourth-order valence-corrected chi connectivity index (χ4v) is 2.69. The molecule has 2 amide bonds. The lowest BCUT2D eigenvalue weighted by Crippen LogP contribution is -2.47. The van der Waals surface area contributed by atoms with Crippen molar-refractivity contribution >= 4 is 11.8 Å². The van der Waals surface area contributed by atoms with Gasteiger partial charge in [-0.2, -0.15) is 0 Å². The molecule has 0 saturated heterocycles. The molecule has 0 radical (unpaired) electrons. The van der Waals surface area contributed by atoms with Crippen LogP contribution in [0.25, 0.3) is 0 Å². The number of hydrogen-bond acceptors (Lipinski definition) is 4. The Bertz CT molecular complexity index is 480. The quantitative estimate of drug-likeness (QED) is 0.743. The van der Waals surface area contributed by atoms with Crippen molar-refractivity contribution in [1.29, 1.82) is 0 Å². The Morgan fingerprint density at radius 3 is 2.73 bits per heavy atom. The second-order valence-corrected chi connectivity index (χ2v) is 5.84. The Morgan fingerprint density at radius 2 is 2.09 bits per heavy atom. The summed E-state index contributed by atoms with van der Waals surface area (Å²) in [6.45, 7) is 1.70. The van der Waals surface area contributed by atoms with Crippen molar-refractivity contribution in [2.24, 2.45) is 5.92 Å². The Hall–Kier alpha value is -1.82. The van der Waals surface area contributed by atoms with E-state index >= 15 is 0 Å². The number of carbonyl (C=O) groups is 2. The van der Waals surface area contributed by atoms with Gasteiger partial charge in [-0.3, -0.25) is 9.59 Å². The van der Waals surface area contributed by atoms with Crippen LogP contribution in [0.15, 0.2) is 22.8 Å². The molecule has 2 rings (SSSR count). The highest BCUT2D eigenvalue weighted by Crippen LogP contribution is 2.23. The van der Waals surface area contributed by atoms with Crippen LogP contribution in [0.5, 0.6) is 0 Å². The van der Waals surface area contributed by atoms with Crippen LogP contribution < -0.4 is 10.6 Å².